The Bertz CT molecular complexity index is 187. The van der Waals surface area contributed by atoms with E-state index in [2.05, 4.69) is 13.8 Å². The van der Waals surface area contributed by atoms with E-state index in [1.54, 1.807) is 0 Å². The van der Waals surface area contributed by atoms with Crippen molar-refractivity contribution in [1.29, 1.82) is 0 Å². The molecule has 2 rings (SSSR count). The maximum absolute atomic E-state index is 9.92. The van der Waals surface area contributed by atoms with Gasteiger partial charge in [-0.15, -0.1) is 0 Å². The molecule has 0 aromatic carbocycles. The molecular weight excluding hydrogens is 168 g/mol. The molecule has 13 heavy (non-hydrogen) atoms. The topological polar surface area (TPSA) is 38.7 Å². The van der Waals surface area contributed by atoms with Crippen molar-refractivity contribution in [2.24, 2.45) is 5.41 Å². The number of aliphatic hydroxyl groups is 1. The first kappa shape index (κ1) is 9.44. The fourth-order valence-electron chi connectivity index (χ4n) is 2.01. The van der Waals surface area contributed by atoms with Crippen LogP contribution in [-0.2, 0) is 9.47 Å². The molecule has 1 aliphatic carbocycles. The lowest BCUT2D eigenvalue weighted by Crippen LogP contribution is -2.43. The molecule has 2 atom stereocenters. The van der Waals surface area contributed by atoms with Crippen molar-refractivity contribution >= 4 is 0 Å². The summed E-state index contributed by atoms with van der Waals surface area (Å²) < 4.78 is 10.7. The zero-order valence-corrected chi connectivity index (χ0v) is 8.32. The average molecular weight is 186 g/mol. The fraction of sp³-hybridized carbons (Fsp3) is 1.00. The number of rotatable bonds is 2. The summed E-state index contributed by atoms with van der Waals surface area (Å²) in [6, 6.07) is 0. The van der Waals surface area contributed by atoms with E-state index in [0.717, 1.165) is 12.8 Å². The van der Waals surface area contributed by atoms with Crippen LogP contribution >= 0.6 is 0 Å². The molecule has 1 N–H and O–H groups in total. The van der Waals surface area contributed by atoms with E-state index in [0.29, 0.717) is 13.2 Å². The summed E-state index contributed by atoms with van der Waals surface area (Å²) in [5.74, 6) is 0. The third-order valence-corrected chi connectivity index (χ3v) is 3.20. The summed E-state index contributed by atoms with van der Waals surface area (Å²) in [5.41, 5.74) is 0.0231. The van der Waals surface area contributed by atoms with E-state index in [9.17, 15) is 5.11 Å². The summed E-state index contributed by atoms with van der Waals surface area (Å²) in [4.78, 5) is 0. The van der Waals surface area contributed by atoms with Crippen LogP contribution in [0.15, 0.2) is 0 Å². The Morgan fingerprint density at radius 1 is 1.38 bits per heavy atom. The molecule has 0 radical (unpaired) electrons. The maximum Gasteiger partial charge on any atom is 0.105 e. The summed E-state index contributed by atoms with van der Waals surface area (Å²) in [6.45, 7) is 5.59. The average Bonchev–Trinajstić information content (AvgIpc) is 2.22. The van der Waals surface area contributed by atoms with Gasteiger partial charge in [-0.1, -0.05) is 13.8 Å². The van der Waals surface area contributed by atoms with Gasteiger partial charge in [-0.25, -0.2) is 0 Å². The monoisotopic (exact) mass is 186 g/mol. The molecule has 76 valence electrons. The molecule has 0 bridgehead atoms. The van der Waals surface area contributed by atoms with E-state index in [1.165, 1.54) is 0 Å². The van der Waals surface area contributed by atoms with Crippen LogP contribution in [0.1, 0.15) is 26.7 Å². The van der Waals surface area contributed by atoms with Gasteiger partial charge in [0.1, 0.15) is 6.10 Å². The minimum absolute atomic E-state index is 0.0231. The Morgan fingerprint density at radius 2 is 2.08 bits per heavy atom. The van der Waals surface area contributed by atoms with Crippen LogP contribution in [-0.4, -0.2) is 36.6 Å². The third-order valence-electron chi connectivity index (χ3n) is 3.20. The van der Waals surface area contributed by atoms with Crippen LogP contribution in [0.25, 0.3) is 0 Å². The van der Waals surface area contributed by atoms with Crippen molar-refractivity contribution in [1.82, 2.24) is 0 Å². The van der Waals surface area contributed by atoms with Gasteiger partial charge in [-0.2, -0.15) is 0 Å². The van der Waals surface area contributed by atoms with Crippen LogP contribution < -0.4 is 0 Å². The van der Waals surface area contributed by atoms with Crippen LogP contribution in [0, 0.1) is 5.41 Å². The highest BCUT2D eigenvalue weighted by Gasteiger charge is 2.42. The Balaban J connectivity index is 1.87. The molecule has 2 unspecified atom stereocenters. The Labute approximate surface area is 79.0 Å². The molecule has 1 saturated heterocycles. The minimum atomic E-state index is -0.312. The molecule has 0 spiro atoms. The molecule has 3 heteroatoms. The molecule has 1 aliphatic heterocycles. The van der Waals surface area contributed by atoms with Gasteiger partial charge in [-0.3, -0.25) is 0 Å². The van der Waals surface area contributed by atoms with E-state index < -0.39 is 0 Å². The predicted molar refractivity (Wildman–Crippen MR) is 48.5 cm³/mol. The van der Waals surface area contributed by atoms with Crippen molar-refractivity contribution in [2.45, 2.75) is 45.0 Å². The Kier molecular flexibility index (Phi) is 2.34. The van der Waals surface area contributed by atoms with E-state index in [4.69, 9.17) is 9.47 Å². The summed E-state index contributed by atoms with van der Waals surface area (Å²) in [7, 11) is 0. The third kappa shape index (κ3) is 1.73. The second-order valence-corrected chi connectivity index (χ2v) is 4.81. The molecule has 1 saturated carbocycles. The highest BCUT2D eigenvalue weighted by atomic mass is 16.6. The van der Waals surface area contributed by atoms with Gasteiger partial charge in [0.25, 0.3) is 0 Å². The molecule has 0 amide bonds. The Morgan fingerprint density at radius 3 is 2.46 bits per heavy atom. The number of hydrogen-bond acceptors (Lipinski definition) is 3. The van der Waals surface area contributed by atoms with E-state index in [-0.39, 0.29) is 23.7 Å². The van der Waals surface area contributed by atoms with Gasteiger partial charge in [0.15, 0.2) is 0 Å². The van der Waals surface area contributed by atoms with Gasteiger partial charge in [0.2, 0.25) is 0 Å². The minimum Gasteiger partial charge on any atom is -0.390 e. The molecule has 0 aromatic rings. The highest BCUT2D eigenvalue weighted by Crippen LogP contribution is 2.39. The SMILES string of the molecule is CC1(C)CCC(OC2COC2)C1O. The van der Waals surface area contributed by atoms with E-state index >= 15 is 0 Å². The number of aliphatic hydroxyl groups excluding tert-OH is 1. The standard InChI is InChI=1S/C10H18O3/c1-10(2)4-3-8(9(10)11)13-7-5-12-6-7/h7-9,11H,3-6H2,1-2H3. The largest absolute Gasteiger partial charge is 0.390 e. The van der Waals surface area contributed by atoms with Gasteiger partial charge < -0.3 is 14.6 Å². The first-order chi connectivity index (χ1) is 6.09. The van der Waals surface area contributed by atoms with Crippen LogP contribution in [0.5, 0.6) is 0 Å². The number of hydrogen-bond donors (Lipinski definition) is 1. The van der Waals surface area contributed by atoms with Crippen molar-refractivity contribution in [3.05, 3.63) is 0 Å². The second-order valence-electron chi connectivity index (χ2n) is 4.81. The lowest BCUT2D eigenvalue weighted by molar-refractivity contribution is -0.175. The lowest BCUT2D eigenvalue weighted by atomic mass is 9.89. The normalized spacial score (nSPS) is 39.0. The van der Waals surface area contributed by atoms with Crippen molar-refractivity contribution in [3.8, 4) is 0 Å². The lowest BCUT2D eigenvalue weighted by Gasteiger charge is -2.32. The van der Waals surface area contributed by atoms with Crippen LogP contribution in [0.2, 0.25) is 0 Å². The van der Waals surface area contributed by atoms with Crippen molar-refractivity contribution < 1.29 is 14.6 Å². The molecule has 2 fully saturated rings. The molecular formula is C10H18O3. The smallest absolute Gasteiger partial charge is 0.105 e. The predicted octanol–water partition coefficient (Wildman–Crippen LogP) is 0.951. The van der Waals surface area contributed by atoms with Crippen molar-refractivity contribution in [2.75, 3.05) is 13.2 Å². The molecule has 3 nitrogen and oxygen atoms in total. The fourth-order valence-corrected chi connectivity index (χ4v) is 2.01. The quantitative estimate of drug-likeness (QED) is 0.698. The summed E-state index contributed by atoms with van der Waals surface area (Å²) >= 11 is 0. The summed E-state index contributed by atoms with van der Waals surface area (Å²) in [5, 5.41) is 9.92. The molecule has 2 aliphatic rings. The van der Waals surface area contributed by atoms with Gasteiger partial charge in [0.05, 0.1) is 25.4 Å². The van der Waals surface area contributed by atoms with Crippen LogP contribution in [0.4, 0.5) is 0 Å². The number of ether oxygens (including phenoxy) is 2. The molecule has 0 aromatic heterocycles. The van der Waals surface area contributed by atoms with Gasteiger partial charge in [0, 0.05) is 0 Å². The Hall–Kier alpha value is -0.120. The van der Waals surface area contributed by atoms with Gasteiger partial charge in [-0.05, 0) is 18.3 Å². The molecule has 1 heterocycles. The summed E-state index contributed by atoms with van der Waals surface area (Å²) in [6.07, 6.45) is 1.97. The highest BCUT2D eigenvalue weighted by molar-refractivity contribution is 4.92. The first-order valence-electron chi connectivity index (χ1n) is 5.01. The second kappa shape index (κ2) is 3.23. The maximum atomic E-state index is 9.92. The first-order valence-corrected chi connectivity index (χ1v) is 5.01. The van der Waals surface area contributed by atoms with Crippen molar-refractivity contribution in [3.63, 3.8) is 0 Å². The zero-order valence-electron chi connectivity index (χ0n) is 8.32. The zero-order chi connectivity index (χ0) is 9.47. The van der Waals surface area contributed by atoms with Gasteiger partial charge >= 0.3 is 0 Å². The van der Waals surface area contributed by atoms with Crippen LogP contribution in [0.3, 0.4) is 0 Å². The van der Waals surface area contributed by atoms with E-state index in [1.807, 2.05) is 0 Å².